The van der Waals surface area contributed by atoms with Crippen molar-refractivity contribution in [2.24, 2.45) is 0 Å². The molecule has 2 unspecified atom stereocenters. The Hall–Kier alpha value is -2.08. The third-order valence-corrected chi connectivity index (χ3v) is 9.76. The van der Waals surface area contributed by atoms with Gasteiger partial charge in [0.25, 0.3) is 0 Å². The van der Waals surface area contributed by atoms with Crippen LogP contribution in [0.5, 0.6) is 0 Å². The van der Waals surface area contributed by atoms with E-state index in [0.717, 1.165) is 5.56 Å². The molecule has 1 aliphatic heterocycles. The van der Waals surface area contributed by atoms with Crippen molar-refractivity contribution in [2.75, 3.05) is 19.3 Å². The number of benzene rings is 3. The molecule has 0 bridgehead atoms. The van der Waals surface area contributed by atoms with Crippen molar-refractivity contribution in [3.63, 3.8) is 0 Å². The Kier molecular flexibility index (Phi) is 12.4. The van der Waals surface area contributed by atoms with Crippen LogP contribution in [0.4, 0.5) is 0 Å². The van der Waals surface area contributed by atoms with Crippen LogP contribution in [0.2, 0.25) is 0 Å². The molecule has 4 rings (SSSR count). The van der Waals surface area contributed by atoms with E-state index in [9.17, 15) is 8.42 Å². The predicted molar refractivity (Wildman–Crippen MR) is 161 cm³/mol. The number of thioether (sulfide) groups is 1. The second-order valence-electron chi connectivity index (χ2n) is 10.2. The third kappa shape index (κ3) is 8.73. The molecular formula is C32H45NO2S2. The molecule has 3 nitrogen and oxygen atoms in total. The standard InChI is InChI=1S/C17H21NO2S.C12H16S.C3H8/c1-14-8-7-9-16(12-14)15(2)13-18(3)21(19,20)17-10-5-4-6-11-17;1-3-8-12(2)9-13-11-7-5-4-6-10(11)12;1-3-2/h4-12,15H,13H2,1-3H3;4-7H,3,8-9H2,1-2H3;3H2,1-2H3. The van der Waals surface area contributed by atoms with Gasteiger partial charge in [0.15, 0.2) is 0 Å². The molecule has 0 fully saturated rings. The Bertz CT molecular complexity index is 1190. The van der Waals surface area contributed by atoms with Gasteiger partial charge in [0.2, 0.25) is 10.0 Å². The summed E-state index contributed by atoms with van der Waals surface area (Å²) in [6, 6.07) is 25.6. The van der Waals surface area contributed by atoms with E-state index in [1.54, 1.807) is 36.9 Å². The van der Waals surface area contributed by atoms with Crippen LogP contribution in [0.3, 0.4) is 0 Å². The van der Waals surface area contributed by atoms with Crippen molar-refractivity contribution in [1.29, 1.82) is 0 Å². The van der Waals surface area contributed by atoms with Gasteiger partial charge in [-0.05, 0) is 48.6 Å². The number of hydrogen-bond donors (Lipinski definition) is 0. The van der Waals surface area contributed by atoms with E-state index in [4.69, 9.17) is 0 Å². The molecule has 0 radical (unpaired) electrons. The summed E-state index contributed by atoms with van der Waals surface area (Å²) in [4.78, 5) is 1.84. The normalized spacial score (nSPS) is 17.2. The molecule has 1 heterocycles. The average Bonchev–Trinajstić information content (AvgIpc) is 3.22. The van der Waals surface area contributed by atoms with Crippen molar-refractivity contribution >= 4 is 21.8 Å². The van der Waals surface area contributed by atoms with Crippen LogP contribution in [0.25, 0.3) is 0 Å². The first-order chi connectivity index (χ1) is 17.6. The van der Waals surface area contributed by atoms with Gasteiger partial charge >= 0.3 is 0 Å². The predicted octanol–water partition coefficient (Wildman–Crippen LogP) is 8.69. The SMILES string of the molecule is CCC.CCCC1(C)CSc2ccccc21.Cc1cccc(C(C)CN(C)S(=O)(=O)c2ccccc2)c1. The topological polar surface area (TPSA) is 37.4 Å². The number of sulfonamides is 1. The quantitative estimate of drug-likeness (QED) is 0.301. The first-order valence-corrected chi connectivity index (χ1v) is 15.8. The van der Waals surface area contributed by atoms with E-state index in [1.807, 2.05) is 49.9 Å². The van der Waals surface area contributed by atoms with Gasteiger partial charge in [-0.25, -0.2) is 12.7 Å². The van der Waals surface area contributed by atoms with Crippen molar-refractivity contribution in [3.05, 3.63) is 95.6 Å². The van der Waals surface area contributed by atoms with Gasteiger partial charge in [0, 0.05) is 29.7 Å². The number of nitrogens with zero attached hydrogens (tertiary/aromatic N) is 1. The fourth-order valence-corrected chi connectivity index (χ4v) is 7.20. The molecule has 37 heavy (non-hydrogen) atoms. The second-order valence-corrected chi connectivity index (χ2v) is 13.3. The maximum Gasteiger partial charge on any atom is 0.242 e. The highest BCUT2D eigenvalue weighted by Gasteiger charge is 2.33. The largest absolute Gasteiger partial charge is 0.242 e. The Morgan fingerprint density at radius 2 is 1.57 bits per heavy atom. The Morgan fingerprint density at radius 3 is 2.19 bits per heavy atom. The van der Waals surface area contributed by atoms with E-state index >= 15 is 0 Å². The van der Waals surface area contributed by atoms with Crippen molar-refractivity contribution in [3.8, 4) is 0 Å². The summed E-state index contributed by atoms with van der Waals surface area (Å²) in [5.74, 6) is 1.41. The Balaban J connectivity index is 0.000000256. The monoisotopic (exact) mass is 539 g/mol. The minimum absolute atomic E-state index is 0.147. The summed E-state index contributed by atoms with van der Waals surface area (Å²) in [6.07, 6.45) is 3.85. The molecule has 0 aromatic heterocycles. The third-order valence-electron chi connectivity index (χ3n) is 6.48. The highest BCUT2D eigenvalue weighted by molar-refractivity contribution is 7.99. The average molecular weight is 540 g/mol. The molecule has 0 aliphatic carbocycles. The van der Waals surface area contributed by atoms with E-state index in [-0.39, 0.29) is 5.92 Å². The minimum Gasteiger partial charge on any atom is -0.207 e. The van der Waals surface area contributed by atoms with E-state index < -0.39 is 10.0 Å². The number of aryl methyl sites for hydroxylation is 1. The molecule has 2 atom stereocenters. The molecule has 0 saturated heterocycles. The van der Waals surface area contributed by atoms with Crippen LogP contribution in [0.15, 0.2) is 88.7 Å². The molecule has 202 valence electrons. The van der Waals surface area contributed by atoms with Gasteiger partial charge in [-0.2, -0.15) is 0 Å². The minimum atomic E-state index is -3.42. The Morgan fingerprint density at radius 1 is 0.946 bits per heavy atom. The van der Waals surface area contributed by atoms with Gasteiger partial charge in [0.1, 0.15) is 0 Å². The van der Waals surface area contributed by atoms with Gasteiger partial charge < -0.3 is 0 Å². The number of rotatable bonds is 7. The lowest BCUT2D eigenvalue weighted by Crippen LogP contribution is -2.30. The van der Waals surface area contributed by atoms with Gasteiger partial charge in [-0.1, -0.05) is 114 Å². The summed E-state index contributed by atoms with van der Waals surface area (Å²) in [6.45, 7) is 13.5. The highest BCUT2D eigenvalue weighted by atomic mass is 32.2. The van der Waals surface area contributed by atoms with Crippen LogP contribution in [-0.2, 0) is 15.4 Å². The number of fused-ring (bicyclic) bond motifs is 1. The number of hydrogen-bond acceptors (Lipinski definition) is 3. The van der Waals surface area contributed by atoms with Crippen molar-refractivity contribution < 1.29 is 8.42 Å². The maximum absolute atomic E-state index is 12.5. The summed E-state index contributed by atoms with van der Waals surface area (Å²) in [5.41, 5.74) is 4.36. The van der Waals surface area contributed by atoms with Crippen LogP contribution in [0, 0.1) is 6.92 Å². The summed E-state index contributed by atoms with van der Waals surface area (Å²) in [5, 5.41) is 0. The fraction of sp³-hybridized carbons (Fsp3) is 0.438. The molecule has 1 aliphatic rings. The van der Waals surface area contributed by atoms with Crippen molar-refractivity contribution in [2.45, 2.75) is 81.9 Å². The maximum atomic E-state index is 12.5. The Labute approximate surface area is 230 Å². The van der Waals surface area contributed by atoms with Crippen LogP contribution in [-0.4, -0.2) is 32.1 Å². The first kappa shape index (κ1) is 31.1. The lowest BCUT2D eigenvalue weighted by molar-refractivity contribution is 0.446. The molecule has 0 saturated carbocycles. The molecule has 0 spiro atoms. The van der Waals surface area contributed by atoms with E-state index in [0.29, 0.717) is 16.9 Å². The molecule has 3 aromatic rings. The van der Waals surface area contributed by atoms with Gasteiger partial charge in [-0.15, -0.1) is 11.8 Å². The molecular weight excluding hydrogens is 494 g/mol. The fourth-order valence-electron chi connectivity index (χ4n) is 4.50. The summed E-state index contributed by atoms with van der Waals surface area (Å²) in [7, 11) is -1.79. The van der Waals surface area contributed by atoms with E-state index in [1.165, 1.54) is 39.8 Å². The lowest BCUT2D eigenvalue weighted by Gasteiger charge is -2.23. The lowest BCUT2D eigenvalue weighted by atomic mass is 9.81. The number of likely N-dealkylation sites (N-methyl/N-ethyl adjacent to an activating group) is 1. The summed E-state index contributed by atoms with van der Waals surface area (Å²) < 4.78 is 26.4. The zero-order valence-corrected chi connectivity index (χ0v) is 25.3. The highest BCUT2D eigenvalue weighted by Crippen LogP contribution is 2.45. The van der Waals surface area contributed by atoms with Crippen LogP contribution in [0.1, 0.15) is 76.5 Å². The van der Waals surface area contributed by atoms with Gasteiger partial charge in [-0.3, -0.25) is 0 Å². The second kappa shape index (κ2) is 14.8. The molecule has 0 N–H and O–H groups in total. The smallest absolute Gasteiger partial charge is 0.207 e. The van der Waals surface area contributed by atoms with Crippen LogP contribution >= 0.6 is 11.8 Å². The molecule has 3 aromatic carbocycles. The zero-order valence-electron chi connectivity index (χ0n) is 23.7. The van der Waals surface area contributed by atoms with Crippen molar-refractivity contribution in [1.82, 2.24) is 4.31 Å². The molecule has 0 amide bonds. The van der Waals surface area contributed by atoms with Crippen LogP contribution < -0.4 is 0 Å². The summed E-state index contributed by atoms with van der Waals surface area (Å²) >= 11 is 2.01. The van der Waals surface area contributed by atoms with Gasteiger partial charge in [0.05, 0.1) is 4.90 Å². The zero-order chi connectivity index (χ0) is 27.5. The molecule has 5 heteroatoms. The first-order valence-electron chi connectivity index (χ1n) is 13.4. The van der Waals surface area contributed by atoms with E-state index in [2.05, 4.69) is 58.0 Å².